The summed E-state index contributed by atoms with van der Waals surface area (Å²) in [6, 6.07) is 13.7. The van der Waals surface area contributed by atoms with Crippen LogP contribution in [-0.4, -0.2) is 27.0 Å². The Morgan fingerprint density at radius 3 is 2.79 bits per heavy atom. The molecule has 2 amide bonds. The average molecular weight is 322 g/mol. The van der Waals surface area contributed by atoms with Gasteiger partial charge in [-0.2, -0.15) is 0 Å². The van der Waals surface area contributed by atoms with Crippen molar-refractivity contribution in [1.29, 1.82) is 0 Å². The molecule has 0 saturated carbocycles. The number of nitrogens with zero attached hydrogens (tertiary/aromatic N) is 3. The molecule has 24 heavy (non-hydrogen) atoms. The summed E-state index contributed by atoms with van der Waals surface area (Å²) in [7, 11) is 0. The van der Waals surface area contributed by atoms with Gasteiger partial charge in [-0.25, -0.2) is 4.79 Å². The third-order valence-corrected chi connectivity index (χ3v) is 4.11. The molecule has 0 atom stereocenters. The largest absolute Gasteiger partial charge is 0.348 e. The van der Waals surface area contributed by atoms with E-state index in [0.717, 1.165) is 23.4 Å². The van der Waals surface area contributed by atoms with Gasteiger partial charge >= 0.3 is 6.03 Å². The summed E-state index contributed by atoms with van der Waals surface area (Å²) in [5.41, 5.74) is 2.81. The number of nitrogens with one attached hydrogen (secondary N) is 1. The highest BCUT2D eigenvalue weighted by atomic mass is 16.2. The smallest absolute Gasteiger partial charge is 0.322 e. The fourth-order valence-electron chi connectivity index (χ4n) is 2.75. The van der Waals surface area contributed by atoms with E-state index >= 15 is 0 Å². The normalized spacial score (nSPS) is 10.8. The predicted octanol–water partition coefficient (Wildman–Crippen LogP) is 4.11. The van der Waals surface area contributed by atoms with Gasteiger partial charge in [0.15, 0.2) is 0 Å². The van der Waals surface area contributed by atoms with E-state index in [1.54, 1.807) is 11.1 Å². The number of benzene rings is 1. The minimum atomic E-state index is -0.114. The number of pyridine rings is 1. The molecule has 0 aliphatic heterocycles. The maximum Gasteiger partial charge on any atom is 0.322 e. The molecule has 1 N–H and O–H groups in total. The van der Waals surface area contributed by atoms with Crippen molar-refractivity contribution >= 4 is 22.6 Å². The van der Waals surface area contributed by atoms with E-state index in [2.05, 4.69) is 34.1 Å². The molecule has 0 spiro atoms. The number of hydrogen-bond acceptors (Lipinski definition) is 2. The standard InChI is InChI=1S/C19H22N4O/c1-3-22-12-10-15-8-9-16(13-18(15)22)21-19(24)23(4-2)14-17-7-5-6-11-20-17/h5-13H,3-4,14H2,1-2H3,(H,21,24). The van der Waals surface area contributed by atoms with Gasteiger partial charge in [0.25, 0.3) is 0 Å². The van der Waals surface area contributed by atoms with Gasteiger partial charge in [0.05, 0.1) is 17.8 Å². The lowest BCUT2D eigenvalue weighted by Crippen LogP contribution is -2.34. The van der Waals surface area contributed by atoms with Gasteiger partial charge in [0.2, 0.25) is 0 Å². The van der Waals surface area contributed by atoms with Crippen LogP contribution >= 0.6 is 0 Å². The topological polar surface area (TPSA) is 50.2 Å². The van der Waals surface area contributed by atoms with E-state index in [9.17, 15) is 4.79 Å². The van der Waals surface area contributed by atoms with Crippen LogP contribution in [0.2, 0.25) is 0 Å². The van der Waals surface area contributed by atoms with Crippen LogP contribution in [-0.2, 0) is 13.1 Å². The Hall–Kier alpha value is -2.82. The maximum atomic E-state index is 12.6. The second kappa shape index (κ2) is 7.17. The van der Waals surface area contributed by atoms with Crippen LogP contribution in [0.1, 0.15) is 19.5 Å². The van der Waals surface area contributed by atoms with Crippen LogP contribution in [0.3, 0.4) is 0 Å². The number of carbonyl (C=O) groups is 1. The van der Waals surface area contributed by atoms with Gasteiger partial charge < -0.3 is 14.8 Å². The monoisotopic (exact) mass is 322 g/mol. The summed E-state index contributed by atoms with van der Waals surface area (Å²) in [5, 5.41) is 4.17. The summed E-state index contributed by atoms with van der Waals surface area (Å²) < 4.78 is 2.16. The lowest BCUT2D eigenvalue weighted by molar-refractivity contribution is 0.211. The van der Waals surface area contributed by atoms with Crippen molar-refractivity contribution in [3.05, 3.63) is 60.6 Å². The van der Waals surface area contributed by atoms with Crippen LogP contribution < -0.4 is 5.32 Å². The Morgan fingerprint density at radius 1 is 1.21 bits per heavy atom. The molecule has 1 aromatic carbocycles. The van der Waals surface area contributed by atoms with E-state index in [1.165, 1.54) is 5.39 Å². The van der Waals surface area contributed by atoms with E-state index in [0.29, 0.717) is 13.1 Å². The quantitative estimate of drug-likeness (QED) is 0.768. The SMILES string of the molecule is CCN(Cc1ccccn1)C(=O)Nc1ccc2ccn(CC)c2c1. The molecule has 3 aromatic rings. The van der Waals surface area contributed by atoms with E-state index in [4.69, 9.17) is 0 Å². The number of amides is 2. The highest BCUT2D eigenvalue weighted by molar-refractivity contribution is 5.92. The first-order chi connectivity index (χ1) is 11.7. The Bertz CT molecular complexity index is 826. The fraction of sp³-hybridized carbons (Fsp3) is 0.263. The first-order valence-electron chi connectivity index (χ1n) is 8.26. The highest BCUT2D eigenvalue weighted by Gasteiger charge is 2.13. The molecular weight excluding hydrogens is 300 g/mol. The van der Waals surface area contributed by atoms with Gasteiger partial charge in [0.1, 0.15) is 0 Å². The summed E-state index contributed by atoms with van der Waals surface area (Å²) in [6.45, 7) is 6.10. The summed E-state index contributed by atoms with van der Waals surface area (Å²) in [5.74, 6) is 0. The van der Waals surface area contributed by atoms with E-state index in [-0.39, 0.29) is 6.03 Å². The molecule has 0 aliphatic carbocycles. The second-order valence-electron chi connectivity index (χ2n) is 5.64. The Balaban J connectivity index is 1.75. The summed E-state index contributed by atoms with van der Waals surface area (Å²) in [4.78, 5) is 18.6. The van der Waals surface area contributed by atoms with Crippen molar-refractivity contribution in [1.82, 2.24) is 14.5 Å². The summed E-state index contributed by atoms with van der Waals surface area (Å²) in [6.07, 6.45) is 3.81. The zero-order chi connectivity index (χ0) is 16.9. The van der Waals surface area contributed by atoms with E-state index < -0.39 is 0 Å². The van der Waals surface area contributed by atoms with Crippen LogP contribution in [0.25, 0.3) is 10.9 Å². The number of rotatable bonds is 5. The number of fused-ring (bicyclic) bond motifs is 1. The molecule has 0 bridgehead atoms. The van der Waals surface area contributed by atoms with Crippen LogP contribution in [0.15, 0.2) is 54.9 Å². The lowest BCUT2D eigenvalue weighted by atomic mass is 10.2. The third kappa shape index (κ3) is 3.40. The van der Waals surface area contributed by atoms with Crippen molar-refractivity contribution < 1.29 is 4.79 Å². The molecule has 0 radical (unpaired) electrons. The number of carbonyl (C=O) groups excluding carboxylic acids is 1. The fourth-order valence-corrected chi connectivity index (χ4v) is 2.75. The molecule has 0 aliphatic rings. The number of aromatic nitrogens is 2. The van der Waals surface area contributed by atoms with Gasteiger partial charge in [-0.1, -0.05) is 12.1 Å². The van der Waals surface area contributed by atoms with Crippen LogP contribution in [0.5, 0.6) is 0 Å². The Labute approximate surface area is 141 Å². The molecule has 2 heterocycles. The van der Waals surface area contributed by atoms with Crippen LogP contribution in [0, 0.1) is 0 Å². The highest BCUT2D eigenvalue weighted by Crippen LogP contribution is 2.21. The molecule has 5 nitrogen and oxygen atoms in total. The lowest BCUT2D eigenvalue weighted by Gasteiger charge is -2.21. The molecule has 3 rings (SSSR count). The molecular formula is C19H22N4O. The van der Waals surface area contributed by atoms with Crippen molar-refractivity contribution in [3.63, 3.8) is 0 Å². The van der Waals surface area contributed by atoms with Crippen molar-refractivity contribution in [3.8, 4) is 0 Å². The molecule has 2 aromatic heterocycles. The van der Waals surface area contributed by atoms with Crippen molar-refractivity contribution in [2.75, 3.05) is 11.9 Å². The Morgan fingerprint density at radius 2 is 2.08 bits per heavy atom. The first kappa shape index (κ1) is 16.1. The summed E-state index contributed by atoms with van der Waals surface area (Å²) >= 11 is 0. The average Bonchev–Trinajstić information content (AvgIpc) is 3.02. The maximum absolute atomic E-state index is 12.6. The zero-order valence-corrected chi connectivity index (χ0v) is 14.1. The van der Waals surface area contributed by atoms with Gasteiger partial charge in [-0.05, 0) is 49.6 Å². The number of hydrogen-bond donors (Lipinski definition) is 1. The van der Waals surface area contributed by atoms with Crippen LogP contribution in [0.4, 0.5) is 10.5 Å². The number of urea groups is 1. The van der Waals surface area contributed by atoms with Gasteiger partial charge in [0, 0.05) is 31.2 Å². The first-order valence-corrected chi connectivity index (χ1v) is 8.26. The van der Waals surface area contributed by atoms with Gasteiger partial charge in [-0.15, -0.1) is 0 Å². The Kier molecular flexibility index (Phi) is 4.79. The predicted molar refractivity (Wildman–Crippen MR) is 97.0 cm³/mol. The molecule has 124 valence electrons. The second-order valence-corrected chi connectivity index (χ2v) is 5.64. The van der Waals surface area contributed by atoms with Crippen molar-refractivity contribution in [2.24, 2.45) is 0 Å². The molecule has 5 heteroatoms. The third-order valence-electron chi connectivity index (χ3n) is 4.11. The van der Waals surface area contributed by atoms with E-state index in [1.807, 2.05) is 43.3 Å². The minimum Gasteiger partial charge on any atom is -0.348 e. The molecule has 0 saturated heterocycles. The number of aryl methyl sites for hydroxylation is 1. The zero-order valence-electron chi connectivity index (χ0n) is 14.1. The number of anilines is 1. The molecule has 0 unspecified atom stereocenters. The minimum absolute atomic E-state index is 0.114. The van der Waals surface area contributed by atoms with Gasteiger partial charge in [-0.3, -0.25) is 4.98 Å². The molecule has 0 fully saturated rings. The van der Waals surface area contributed by atoms with Crippen molar-refractivity contribution in [2.45, 2.75) is 26.9 Å².